The minimum absolute atomic E-state index is 0.0286. The van der Waals surface area contributed by atoms with Crippen LogP contribution in [-0.4, -0.2) is 55.9 Å². The first-order chi connectivity index (χ1) is 20.9. The molecular weight excluding hydrogens is 542 g/mol. The maximum absolute atomic E-state index is 13.6. The van der Waals surface area contributed by atoms with Crippen LogP contribution in [-0.2, 0) is 23.3 Å². The van der Waals surface area contributed by atoms with Gasteiger partial charge in [0, 0.05) is 43.0 Å². The molecule has 0 saturated heterocycles. The summed E-state index contributed by atoms with van der Waals surface area (Å²) in [5.74, 6) is 1.02. The van der Waals surface area contributed by atoms with Gasteiger partial charge < -0.3 is 15.0 Å². The molecule has 5 heterocycles. The number of ether oxygens (including phenoxy) is 1. The maximum Gasteiger partial charge on any atom is 0.278 e. The molecule has 8 rings (SSSR count). The molecule has 1 N–H and O–H groups in total. The standard InChI is InChI=1S/C33H35N7O3/c1-21(2)37-18-22-15-23(7-9-26(22)33(20-37)11-12-33)35-32-34-17-25-30(36-32)40-24-8-10-28-27(16-24)38(29(41)19-43-28)13-5-3-4-6-14-39(40)31(25)42/h4,6-10,15-17,21H,3,5,11-14,18-20H2,1-2H3,(H,34,35,36)/b6-4-. The Morgan fingerprint density at radius 2 is 1.95 bits per heavy atom. The number of aromatic nitrogens is 4. The highest BCUT2D eigenvalue weighted by Crippen LogP contribution is 2.53. The van der Waals surface area contributed by atoms with Crippen molar-refractivity contribution in [3.05, 3.63) is 76.2 Å². The molecule has 1 spiro atoms. The third kappa shape index (κ3) is 4.34. The summed E-state index contributed by atoms with van der Waals surface area (Å²) < 4.78 is 9.25. The van der Waals surface area contributed by atoms with E-state index in [0.29, 0.717) is 53.0 Å². The van der Waals surface area contributed by atoms with Crippen molar-refractivity contribution in [3.63, 3.8) is 0 Å². The van der Waals surface area contributed by atoms with E-state index in [0.717, 1.165) is 37.3 Å². The molecule has 2 aromatic carbocycles. The summed E-state index contributed by atoms with van der Waals surface area (Å²) in [4.78, 5) is 40.2. The zero-order chi connectivity index (χ0) is 29.3. The van der Waals surface area contributed by atoms with E-state index in [1.165, 1.54) is 24.0 Å². The van der Waals surface area contributed by atoms with E-state index in [2.05, 4.69) is 53.3 Å². The zero-order valence-corrected chi connectivity index (χ0v) is 24.5. The first-order valence-electron chi connectivity index (χ1n) is 15.3. The first kappa shape index (κ1) is 26.2. The fourth-order valence-electron chi connectivity index (χ4n) is 6.88. The van der Waals surface area contributed by atoms with Crippen LogP contribution < -0.4 is 20.5 Å². The average Bonchev–Trinajstić information content (AvgIpc) is 3.71. The molecule has 0 unspecified atom stereocenters. The summed E-state index contributed by atoms with van der Waals surface area (Å²) in [5.41, 5.74) is 5.84. The number of rotatable bonds is 3. The Balaban J connectivity index is 1.21. The van der Waals surface area contributed by atoms with Crippen molar-refractivity contribution in [1.82, 2.24) is 24.2 Å². The molecule has 1 saturated carbocycles. The molecule has 0 atom stereocenters. The molecule has 0 radical (unpaired) electrons. The summed E-state index contributed by atoms with van der Waals surface area (Å²) in [6.07, 6.45) is 9.80. The molecule has 3 aliphatic heterocycles. The van der Waals surface area contributed by atoms with Crippen molar-refractivity contribution in [2.24, 2.45) is 0 Å². The third-order valence-electron chi connectivity index (χ3n) is 9.40. The lowest BCUT2D eigenvalue weighted by atomic mass is 9.86. The predicted octanol–water partition coefficient (Wildman–Crippen LogP) is 4.66. The van der Waals surface area contributed by atoms with Crippen molar-refractivity contribution in [2.75, 3.05) is 29.9 Å². The monoisotopic (exact) mass is 577 g/mol. The predicted molar refractivity (Wildman–Crippen MR) is 166 cm³/mol. The Morgan fingerprint density at radius 1 is 1.07 bits per heavy atom. The van der Waals surface area contributed by atoms with E-state index in [1.807, 2.05) is 29.0 Å². The lowest BCUT2D eigenvalue weighted by Crippen LogP contribution is -2.41. The molecule has 220 valence electrons. The molecule has 1 amide bonds. The van der Waals surface area contributed by atoms with Gasteiger partial charge in [0.2, 0.25) is 5.95 Å². The lowest BCUT2D eigenvalue weighted by Gasteiger charge is -2.37. The van der Waals surface area contributed by atoms with Crippen LogP contribution >= 0.6 is 0 Å². The largest absolute Gasteiger partial charge is 0.482 e. The summed E-state index contributed by atoms with van der Waals surface area (Å²) >= 11 is 0. The third-order valence-corrected chi connectivity index (χ3v) is 9.40. The van der Waals surface area contributed by atoms with Crippen LogP contribution in [0.25, 0.3) is 16.7 Å². The summed E-state index contributed by atoms with van der Waals surface area (Å²) in [7, 11) is 0. The van der Waals surface area contributed by atoms with E-state index in [1.54, 1.807) is 15.8 Å². The number of hydrogen-bond acceptors (Lipinski definition) is 7. The zero-order valence-electron chi connectivity index (χ0n) is 24.5. The van der Waals surface area contributed by atoms with Crippen molar-refractivity contribution in [1.29, 1.82) is 0 Å². The topological polar surface area (TPSA) is 97.5 Å². The fourth-order valence-corrected chi connectivity index (χ4v) is 6.88. The molecule has 2 aromatic heterocycles. The van der Waals surface area contributed by atoms with Crippen molar-refractivity contribution >= 4 is 34.3 Å². The average molecular weight is 578 g/mol. The van der Waals surface area contributed by atoms with Gasteiger partial charge in [-0.1, -0.05) is 18.2 Å². The summed E-state index contributed by atoms with van der Waals surface area (Å²) in [6.45, 7) is 7.63. The van der Waals surface area contributed by atoms with Gasteiger partial charge in [0.1, 0.15) is 11.1 Å². The Hall–Kier alpha value is -4.44. The molecule has 1 aliphatic carbocycles. The van der Waals surface area contributed by atoms with Crippen molar-refractivity contribution in [2.45, 2.75) is 64.1 Å². The number of anilines is 3. The van der Waals surface area contributed by atoms with Crippen molar-refractivity contribution in [3.8, 4) is 11.4 Å². The molecule has 4 aliphatic rings. The van der Waals surface area contributed by atoms with E-state index >= 15 is 0 Å². The molecule has 10 heteroatoms. The van der Waals surface area contributed by atoms with Gasteiger partial charge in [-0.05, 0) is 81.0 Å². The number of amides is 1. The number of carbonyl (C=O) groups excluding carboxylic acids is 1. The fraction of sp³-hybridized carbons (Fsp3) is 0.394. The van der Waals surface area contributed by atoms with Gasteiger partial charge in [0.15, 0.2) is 12.3 Å². The lowest BCUT2D eigenvalue weighted by molar-refractivity contribution is -0.121. The van der Waals surface area contributed by atoms with Crippen LogP contribution in [0.4, 0.5) is 17.3 Å². The molecule has 2 bridgehead atoms. The molecule has 10 nitrogen and oxygen atoms in total. The van der Waals surface area contributed by atoms with E-state index in [9.17, 15) is 9.59 Å². The quantitative estimate of drug-likeness (QED) is 0.354. The second-order valence-electron chi connectivity index (χ2n) is 12.5. The van der Waals surface area contributed by atoms with Crippen LogP contribution in [0.5, 0.6) is 5.75 Å². The van der Waals surface area contributed by atoms with Crippen LogP contribution in [0.15, 0.2) is 59.5 Å². The van der Waals surface area contributed by atoms with Crippen LogP contribution in [0.3, 0.4) is 0 Å². The van der Waals surface area contributed by atoms with Crippen molar-refractivity contribution < 1.29 is 9.53 Å². The highest BCUT2D eigenvalue weighted by Gasteiger charge is 2.49. The van der Waals surface area contributed by atoms with E-state index < -0.39 is 0 Å². The highest BCUT2D eigenvalue weighted by atomic mass is 16.5. The molecule has 43 heavy (non-hydrogen) atoms. The maximum atomic E-state index is 13.6. The van der Waals surface area contributed by atoms with Crippen LogP contribution in [0.1, 0.15) is 50.7 Å². The highest BCUT2D eigenvalue weighted by molar-refractivity contribution is 5.98. The minimum atomic E-state index is -0.164. The van der Waals surface area contributed by atoms with Gasteiger partial charge in [-0.2, -0.15) is 4.98 Å². The summed E-state index contributed by atoms with van der Waals surface area (Å²) in [6, 6.07) is 12.8. The van der Waals surface area contributed by atoms with Gasteiger partial charge in [-0.15, -0.1) is 0 Å². The van der Waals surface area contributed by atoms with Gasteiger partial charge in [0.05, 0.1) is 17.9 Å². The van der Waals surface area contributed by atoms with Crippen LogP contribution in [0.2, 0.25) is 0 Å². The molecule has 1 fully saturated rings. The first-order valence-corrected chi connectivity index (χ1v) is 15.3. The van der Waals surface area contributed by atoms with Gasteiger partial charge in [-0.25, -0.2) is 14.3 Å². The SMILES string of the molecule is CC(C)N1Cc2cc(Nc3ncc4c(=O)n5n(c4n3)-c3ccc4c(c3)N(CCC/C=C\C5)C(=O)CO4)ccc2C2(CC2)C1. The number of nitrogens with one attached hydrogen (secondary N) is 1. The van der Waals surface area contributed by atoms with E-state index in [4.69, 9.17) is 9.72 Å². The second kappa shape index (κ2) is 9.80. The number of carbonyl (C=O) groups is 1. The van der Waals surface area contributed by atoms with Crippen LogP contribution in [0, 0.1) is 0 Å². The van der Waals surface area contributed by atoms with E-state index in [-0.39, 0.29) is 18.1 Å². The Labute approximate surface area is 249 Å². The Bertz CT molecular complexity index is 1870. The second-order valence-corrected chi connectivity index (χ2v) is 12.5. The number of nitrogens with zero attached hydrogens (tertiary/aromatic N) is 6. The van der Waals surface area contributed by atoms with Gasteiger partial charge in [0.25, 0.3) is 11.5 Å². The number of hydrogen-bond donors (Lipinski definition) is 1. The summed E-state index contributed by atoms with van der Waals surface area (Å²) in [5, 5.41) is 3.85. The van der Waals surface area contributed by atoms with Gasteiger partial charge in [-0.3, -0.25) is 14.5 Å². The smallest absolute Gasteiger partial charge is 0.278 e. The molecule has 4 aromatic rings. The number of benzene rings is 2. The normalized spacial score (nSPS) is 19.8. The minimum Gasteiger partial charge on any atom is -0.482 e. The Kier molecular flexibility index (Phi) is 5.98. The van der Waals surface area contributed by atoms with Gasteiger partial charge >= 0.3 is 0 Å². The Morgan fingerprint density at radius 3 is 2.79 bits per heavy atom. The number of fused-ring (bicyclic) bond motifs is 7. The molecular formula is C33H35N7O3. The number of allylic oxidation sites excluding steroid dienone is 2.